The van der Waals surface area contributed by atoms with Crippen LogP contribution in [-0.2, 0) is 4.79 Å². The van der Waals surface area contributed by atoms with Crippen LogP contribution in [0.5, 0.6) is 0 Å². The van der Waals surface area contributed by atoms with E-state index in [1.807, 2.05) is 0 Å². The SMILES string of the molecule is CCC/C=C/CC/C=C/CC/C=C/CCCC(O)C(O)C(CO)NC(=O)C(O)CCCCCCCCCCCCCCC. The molecule has 0 bridgehead atoms. The number of amides is 1. The molecule has 0 rings (SSSR count). The topological polar surface area (TPSA) is 110 Å². The van der Waals surface area contributed by atoms with Gasteiger partial charge in [-0.15, -0.1) is 0 Å². The molecule has 0 fully saturated rings. The van der Waals surface area contributed by atoms with Crippen LogP contribution in [0.1, 0.15) is 162 Å². The van der Waals surface area contributed by atoms with Crippen LogP contribution in [0.4, 0.5) is 0 Å². The number of rotatable bonds is 31. The molecule has 0 aromatic rings. The van der Waals surface area contributed by atoms with Crippen LogP contribution in [0.3, 0.4) is 0 Å². The molecule has 0 saturated heterocycles. The molecule has 0 radical (unpaired) electrons. The van der Waals surface area contributed by atoms with Gasteiger partial charge in [-0.1, -0.05) is 140 Å². The van der Waals surface area contributed by atoms with Crippen molar-refractivity contribution >= 4 is 5.91 Å². The van der Waals surface area contributed by atoms with Gasteiger partial charge in [0.25, 0.3) is 0 Å². The third-order valence-electron chi connectivity index (χ3n) is 8.04. The largest absolute Gasteiger partial charge is 0.394 e. The van der Waals surface area contributed by atoms with Crippen LogP contribution in [0, 0.1) is 0 Å². The number of hydrogen-bond acceptors (Lipinski definition) is 5. The van der Waals surface area contributed by atoms with Gasteiger partial charge < -0.3 is 25.7 Å². The molecule has 0 heterocycles. The number of aliphatic hydroxyl groups excluding tert-OH is 4. The first-order chi connectivity index (χ1) is 21.0. The number of carbonyl (C=O) groups excluding carboxylic acids is 1. The van der Waals surface area contributed by atoms with Gasteiger partial charge in [0.1, 0.15) is 12.2 Å². The minimum absolute atomic E-state index is 0.360. The highest BCUT2D eigenvalue weighted by Crippen LogP contribution is 2.14. The normalized spacial score (nSPS) is 15.0. The highest BCUT2D eigenvalue weighted by atomic mass is 16.3. The molecule has 43 heavy (non-hydrogen) atoms. The number of aliphatic hydroxyl groups is 4. The summed E-state index contributed by atoms with van der Waals surface area (Å²) in [5.74, 6) is -0.603. The predicted molar refractivity (Wildman–Crippen MR) is 182 cm³/mol. The molecule has 0 saturated carbocycles. The lowest BCUT2D eigenvalue weighted by atomic mass is 10.00. The number of hydrogen-bond donors (Lipinski definition) is 5. The Labute approximate surface area is 265 Å². The van der Waals surface area contributed by atoms with E-state index in [2.05, 4.69) is 55.6 Å². The van der Waals surface area contributed by atoms with Crippen molar-refractivity contribution in [3.63, 3.8) is 0 Å². The lowest BCUT2D eigenvalue weighted by Crippen LogP contribution is -2.53. The molecular formula is C37H69NO5. The lowest BCUT2D eigenvalue weighted by Gasteiger charge is -2.27. The van der Waals surface area contributed by atoms with Gasteiger partial charge >= 0.3 is 0 Å². The van der Waals surface area contributed by atoms with Gasteiger partial charge in [0.05, 0.1) is 18.8 Å². The average Bonchev–Trinajstić information content (AvgIpc) is 3.01. The van der Waals surface area contributed by atoms with Crippen molar-refractivity contribution in [1.29, 1.82) is 0 Å². The molecule has 0 aromatic carbocycles. The Hall–Kier alpha value is -1.47. The zero-order chi connectivity index (χ0) is 31.8. The number of unbranched alkanes of at least 4 members (excludes halogenated alkanes) is 16. The van der Waals surface area contributed by atoms with Crippen molar-refractivity contribution in [3.8, 4) is 0 Å². The molecule has 4 atom stereocenters. The zero-order valence-corrected chi connectivity index (χ0v) is 27.9. The summed E-state index contributed by atoms with van der Waals surface area (Å²) in [5, 5.41) is 43.3. The zero-order valence-electron chi connectivity index (χ0n) is 27.9. The van der Waals surface area contributed by atoms with Gasteiger partial charge in [0.2, 0.25) is 5.91 Å². The summed E-state index contributed by atoms with van der Waals surface area (Å²) in [6.07, 6.45) is 34.5. The molecule has 0 aromatic heterocycles. The van der Waals surface area contributed by atoms with E-state index in [1.54, 1.807) is 0 Å². The van der Waals surface area contributed by atoms with Crippen LogP contribution in [0.15, 0.2) is 36.5 Å². The second kappa shape index (κ2) is 31.9. The molecular weight excluding hydrogens is 538 g/mol. The third-order valence-corrected chi connectivity index (χ3v) is 8.04. The smallest absolute Gasteiger partial charge is 0.249 e. The van der Waals surface area contributed by atoms with Crippen molar-refractivity contribution in [2.24, 2.45) is 0 Å². The third kappa shape index (κ3) is 26.6. The maximum atomic E-state index is 12.4. The van der Waals surface area contributed by atoms with Crippen molar-refractivity contribution < 1.29 is 25.2 Å². The summed E-state index contributed by atoms with van der Waals surface area (Å²) in [5.41, 5.74) is 0. The maximum absolute atomic E-state index is 12.4. The number of allylic oxidation sites excluding steroid dienone is 6. The van der Waals surface area contributed by atoms with Crippen LogP contribution >= 0.6 is 0 Å². The van der Waals surface area contributed by atoms with Crippen LogP contribution in [0.25, 0.3) is 0 Å². The van der Waals surface area contributed by atoms with E-state index in [4.69, 9.17) is 0 Å². The standard InChI is InChI=1S/C37H69NO5/c1-3-5-7-9-11-13-15-17-19-20-22-24-26-28-30-34(40)36(42)33(32-39)38-37(43)35(41)31-29-27-25-23-21-18-16-14-12-10-8-6-4-2/h7,9,15,17,22,24,33-36,39-42H,3-6,8,10-14,16,18-21,23,25-32H2,1-2H3,(H,38,43)/b9-7+,17-15+,24-22+. The minimum atomic E-state index is -1.29. The van der Waals surface area contributed by atoms with Crippen molar-refractivity contribution in [3.05, 3.63) is 36.5 Å². The average molecular weight is 608 g/mol. The van der Waals surface area contributed by atoms with Crippen molar-refractivity contribution in [2.75, 3.05) is 6.61 Å². The van der Waals surface area contributed by atoms with Crippen LogP contribution < -0.4 is 5.32 Å². The van der Waals surface area contributed by atoms with E-state index >= 15 is 0 Å². The molecule has 0 aliphatic carbocycles. The monoisotopic (exact) mass is 608 g/mol. The van der Waals surface area contributed by atoms with Crippen LogP contribution in [0.2, 0.25) is 0 Å². The number of nitrogens with one attached hydrogen (secondary N) is 1. The van der Waals surface area contributed by atoms with Crippen molar-refractivity contribution in [1.82, 2.24) is 5.32 Å². The minimum Gasteiger partial charge on any atom is -0.394 e. The van der Waals surface area contributed by atoms with E-state index < -0.39 is 36.9 Å². The summed E-state index contributed by atoms with van der Waals surface area (Å²) in [6, 6.07) is -1.01. The lowest BCUT2D eigenvalue weighted by molar-refractivity contribution is -0.132. The molecule has 6 nitrogen and oxygen atoms in total. The summed E-state index contributed by atoms with van der Waals surface area (Å²) in [4.78, 5) is 12.4. The second-order valence-electron chi connectivity index (χ2n) is 12.2. The fourth-order valence-corrected chi connectivity index (χ4v) is 5.15. The van der Waals surface area contributed by atoms with E-state index in [0.717, 1.165) is 57.8 Å². The molecule has 6 heteroatoms. The second-order valence-corrected chi connectivity index (χ2v) is 12.2. The van der Waals surface area contributed by atoms with E-state index in [9.17, 15) is 25.2 Å². The Morgan fingerprint density at radius 1 is 0.558 bits per heavy atom. The summed E-state index contributed by atoms with van der Waals surface area (Å²) >= 11 is 0. The maximum Gasteiger partial charge on any atom is 0.249 e. The Morgan fingerprint density at radius 3 is 1.47 bits per heavy atom. The highest BCUT2D eigenvalue weighted by molar-refractivity contribution is 5.80. The quantitative estimate of drug-likeness (QED) is 0.0403. The van der Waals surface area contributed by atoms with Gasteiger partial charge in [-0.3, -0.25) is 4.79 Å². The summed E-state index contributed by atoms with van der Waals surface area (Å²) in [7, 11) is 0. The fraction of sp³-hybridized carbons (Fsp3) is 0.811. The van der Waals surface area contributed by atoms with E-state index in [0.29, 0.717) is 19.3 Å². The molecule has 4 unspecified atom stereocenters. The molecule has 5 N–H and O–H groups in total. The highest BCUT2D eigenvalue weighted by Gasteiger charge is 2.28. The first-order valence-electron chi connectivity index (χ1n) is 17.9. The van der Waals surface area contributed by atoms with Gasteiger partial charge in [0, 0.05) is 0 Å². The van der Waals surface area contributed by atoms with E-state index in [1.165, 1.54) is 70.6 Å². The van der Waals surface area contributed by atoms with Gasteiger partial charge in [-0.25, -0.2) is 0 Å². The Kier molecular flexibility index (Phi) is 30.8. The van der Waals surface area contributed by atoms with Gasteiger partial charge in [-0.2, -0.15) is 0 Å². The molecule has 0 spiro atoms. The predicted octanol–water partition coefficient (Wildman–Crippen LogP) is 8.23. The molecule has 252 valence electrons. The fourth-order valence-electron chi connectivity index (χ4n) is 5.15. The summed E-state index contributed by atoms with van der Waals surface area (Å²) in [6.45, 7) is 3.93. The van der Waals surface area contributed by atoms with Gasteiger partial charge in [-0.05, 0) is 57.8 Å². The van der Waals surface area contributed by atoms with Crippen LogP contribution in [-0.4, -0.2) is 57.3 Å². The first kappa shape index (κ1) is 41.5. The van der Waals surface area contributed by atoms with Crippen molar-refractivity contribution in [2.45, 2.75) is 186 Å². The molecule has 0 aliphatic rings. The Morgan fingerprint density at radius 2 is 1.00 bits per heavy atom. The summed E-state index contributed by atoms with van der Waals surface area (Å²) < 4.78 is 0. The first-order valence-corrected chi connectivity index (χ1v) is 17.9. The Balaban J connectivity index is 3.92. The van der Waals surface area contributed by atoms with E-state index in [-0.39, 0.29) is 0 Å². The Bertz CT molecular complexity index is 692. The molecule has 0 aliphatic heterocycles. The molecule has 1 amide bonds. The van der Waals surface area contributed by atoms with Gasteiger partial charge in [0.15, 0.2) is 0 Å². The number of carbonyl (C=O) groups is 1.